The number of aryl methyl sites for hydroxylation is 2. The highest BCUT2D eigenvalue weighted by Gasteiger charge is 2.27. The lowest BCUT2D eigenvalue weighted by atomic mass is 9.89. The van der Waals surface area contributed by atoms with Gasteiger partial charge in [-0.2, -0.15) is 0 Å². The van der Waals surface area contributed by atoms with Crippen molar-refractivity contribution in [3.05, 3.63) is 132 Å². The maximum Gasteiger partial charge on any atom is 0.144 e. The summed E-state index contributed by atoms with van der Waals surface area (Å²) >= 11 is 0. The molecule has 0 fully saturated rings. The van der Waals surface area contributed by atoms with Gasteiger partial charge in [-0.1, -0.05) is 111 Å². The van der Waals surface area contributed by atoms with E-state index in [-0.39, 0.29) is 0 Å². The minimum atomic E-state index is 0.888. The average molecular weight is 567 g/mol. The molecule has 2 nitrogen and oxygen atoms in total. The number of furan rings is 2. The lowest BCUT2D eigenvalue weighted by molar-refractivity contribution is 0.666. The Morgan fingerprint density at radius 1 is 0.432 bits per heavy atom. The van der Waals surface area contributed by atoms with Crippen molar-refractivity contribution in [3.8, 4) is 22.3 Å². The number of benzene rings is 7. The third-order valence-electron chi connectivity index (χ3n) is 9.37. The van der Waals surface area contributed by atoms with Crippen molar-refractivity contribution >= 4 is 65.4 Å². The summed E-state index contributed by atoms with van der Waals surface area (Å²) in [5.74, 6) is 0. The van der Waals surface area contributed by atoms with Gasteiger partial charge in [0, 0.05) is 32.7 Å². The molecule has 210 valence electrons. The summed E-state index contributed by atoms with van der Waals surface area (Å²) in [6.45, 7) is 4.39. The molecule has 0 spiro atoms. The van der Waals surface area contributed by atoms with Crippen LogP contribution >= 0.6 is 0 Å². The predicted molar refractivity (Wildman–Crippen MR) is 186 cm³/mol. The van der Waals surface area contributed by atoms with Crippen molar-refractivity contribution in [2.45, 2.75) is 26.7 Å². The summed E-state index contributed by atoms with van der Waals surface area (Å²) in [6.07, 6.45) is 1.99. The Labute approximate surface area is 255 Å². The third kappa shape index (κ3) is 3.67. The fourth-order valence-electron chi connectivity index (χ4n) is 7.01. The molecule has 44 heavy (non-hydrogen) atoms. The van der Waals surface area contributed by atoms with Crippen LogP contribution < -0.4 is 0 Å². The van der Waals surface area contributed by atoms with Gasteiger partial charge in [0.2, 0.25) is 0 Å². The second kappa shape index (κ2) is 9.59. The highest BCUT2D eigenvalue weighted by atomic mass is 16.3. The van der Waals surface area contributed by atoms with Gasteiger partial charge in [0.25, 0.3) is 0 Å². The van der Waals surface area contributed by atoms with E-state index in [2.05, 4.69) is 135 Å². The molecule has 0 atom stereocenters. The van der Waals surface area contributed by atoms with Crippen LogP contribution in [0.2, 0.25) is 0 Å². The Kier molecular flexibility index (Phi) is 5.49. The highest BCUT2D eigenvalue weighted by molar-refractivity contribution is 6.31. The van der Waals surface area contributed by atoms with Gasteiger partial charge in [-0.05, 0) is 80.9 Å². The van der Waals surface area contributed by atoms with E-state index in [0.29, 0.717) is 0 Å². The summed E-state index contributed by atoms with van der Waals surface area (Å²) in [4.78, 5) is 0. The summed E-state index contributed by atoms with van der Waals surface area (Å²) in [5.41, 5.74) is 10.6. The lowest BCUT2D eigenvalue weighted by Crippen LogP contribution is -1.89. The fourth-order valence-corrected chi connectivity index (χ4v) is 7.01. The average Bonchev–Trinajstić information content (AvgIpc) is 3.62. The first-order chi connectivity index (χ1) is 21.7. The van der Waals surface area contributed by atoms with Gasteiger partial charge in [0.05, 0.1) is 0 Å². The molecule has 2 heterocycles. The van der Waals surface area contributed by atoms with Crippen molar-refractivity contribution in [1.82, 2.24) is 0 Å². The Bertz CT molecular complexity index is 2360. The van der Waals surface area contributed by atoms with Gasteiger partial charge in [-0.25, -0.2) is 0 Å². The van der Waals surface area contributed by atoms with Crippen LogP contribution in [-0.2, 0) is 12.8 Å². The molecular weight excluding hydrogens is 536 g/mol. The second-order valence-corrected chi connectivity index (χ2v) is 11.9. The van der Waals surface area contributed by atoms with Crippen molar-refractivity contribution in [2.24, 2.45) is 0 Å². The number of fused-ring (bicyclic) bond motifs is 8. The van der Waals surface area contributed by atoms with Crippen LogP contribution in [0, 0.1) is 0 Å². The first-order valence-corrected chi connectivity index (χ1v) is 15.5. The molecule has 0 saturated heterocycles. The van der Waals surface area contributed by atoms with Gasteiger partial charge >= 0.3 is 0 Å². The predicted octanol–water partition coefficient (Wildman–Crippen LogP) is 12.3. The Morgan fingerprint density at radius 3 is 1.16 bits per heavy atom. The van der Waals surface area contributed by atoms with E-state index in [9.17, 15) is 0 Å². The van der Waals surface area contributed by atoms with Crippen molar-refractivity contribution in [2.75, 3.05) is 0 Å². The monoisotopic (exact) mass is 566 g/mol. The molecule has 7 aromatic carbocycles. The first kappa shape index (κ1) is 25.2. The van der Waals surface area contributed by atoms with Crippen LogP contribution in [0.3, 0.4) is 0 Å². The summed E-state index contributed by atoms with van der Waals surface area (Å²) in [5, 5.41) is 9.13. The lowest BCUT2D eigenvalue weighted by Gasteiger charge is -2.12. The zero-order valence-corrected chi connectivity index (χ0v) is 24.8. The minimum absolute atomic E-state index is 0.888. The fraction of sp³-hybridized carbons (Fsp3) is 0.0952. The molecule has 9 rings (SSSR count). The quantitative estimate of drug-likeness (QED) is 0.212. The van der Waals surface area contributed by atoms with Crippen molar-refractivity contribution in [1.29, 1.82) is 0 Å². The van der Waals surface area contributed by atoms with E-state index in [1.54, 1.807) is 0 Å². The van der Waals surface area contributed by atoms with Gasteiger partial charge in [0.1, 0.15) is 22.3 Å². The van der Waals surface area contributed by atoms with Crippen LogP contribution in [0.4, 0.5) is 0 Å². The molecule has 0 N–H and O–H groups in total. The number of hydrogen-bond acceptors (Lipinski definition) is 2. The maximum absolute atomic E-state index is 6.98. The normalized spacial score (nSPS) is 12.0. The molecule has 0 saturated carbocycles. The summed E-state index contributed by atoms with van der Waals surface area (Å²) in [6, 6.07) is 43.9. The second-order valence-electron chi connectivity index (χ2n) is 11.9. The highest BCUT2D eigenvalue weighted by Crippen LogP contribution is 2.51. The molecule has 0 bridgehead atoms. The van der Waals surface area contributed by atoms with E-state index >= 15 is 0 Å². The molecule has 0 radical (unpaired) electrons. The van der Waals surface area contributed by atoms with E-state index in [0.717, 1.165) is 79.0 Å². The molecule has 0 amide bonds. The molecule has 0 aliphatic heterocycles. The SMILES string of the molecule is CCc1ccc(-c2c3oc4cc5ccccc5cc4c3c(-c3ccc(CC)cc3)c3oc4cc5ccccc5cc4c23)cc1. The van der Waals surface area contributed by atoms with E-state index in [4.69, 9.17) is 8.83 Å². The molecule has 0 aliphatic rings. The van der Waals surface area contributed by atoms with Crippen LogP contribution in [0.5, 0.6) is 0 Å². The van der Waals surface area contributed by atoms with Crippen molar-refractivity contribution in [3.63, 3.8) is 0 Å². The van der Waals surface area contributed by atoms with Gasteiger partial charge in [0.15, 0.2) is 0 Å². The summed E-state index contributed by atoms with van der Waals surface area (Å²) < 4.78 is 14.0. The third-order valence-corrected chi connectivity index (χ3v) is 9.37. The topological polar surface area (TPSA) is 26.3 Å². The zero-order chi connectivity index (χ0) is 29.4. The smallest absolute Gasteiger partial charge is 0.144 e. The molecule has 9 aromatic rings. The van der Waals surface area contributed by atoms with E-state index in [1.807, 2.05) is 0 Å². The van der Waals surface area contributed by atoms with Gasteiger partial charge in [-0.3, -0.25) is 0 Å². The molecule has 0 aliphatic carbocycles. The maximum atomic E-state index is 6.98. The molecule has 2 aromatic heterocycles. The van der Waals surface area contributed by atoms with E-state index < -0.39 is 0 Å². The van der Waals surface area contributed by atoms with E-state index in [1.165, 1.54) is 32.7 Å². The number of rotatable bonds is 4. The van der Waals surface area contributed by atoms with Crippen LogP contribution in [0.25, 0.3) is 87.7 Å². The summed E-state index contributed by atoms with van der Waals surface area (Å²) in [7, 11) is 0. The van der Waals surface area contributed by atoms with Gasteiger partial charge in [-0.15, -0.1) is 0 Å². The molecule has 0 unspecified atom stereocenters. The Balaban J connectivity index is 1.54. The largest absolute Gasteiger partial charge is 0.455 e. The van der Waals surface area contributed by atoms with Crippen LogP contribution in [0.1, 0.15) is 25.0 Å². The standard InChI is InChI=1S/C42H30O2/c1-3-25-13-17-27(18-14-25)37-39-33-21-29-9-5-7-11-31(29)23-35(33)44-42(39)38(28-19-15-26(4-2)16-20-28)40-34-22-30-10-6-8-12-32(30)24-36(34)43-41(37)40/h5-24H,3-4H2,1-2H3. The van der Waals surface area contributed by atoms with Crippen molar-refractivity contribution < 1.29 is 8.83 Å². The Morgan fingerprint density at radius 2 is 0.795 bits per heavy atom. The Hall–Kier alpha value is -5.34. The first-order valence-electron chi connectivity index (χ1n) is 15.5. The van der Waals surface area contributed by atoms with Gasteiger partial charge < -0.3 is 8.83 Å². The molecule has 2 heteroatoms. The van der Waals surface area contributed by atoms with Crippen LogP contribution in [0.15, 0.2) is 130 Å². The molecular formula is C42H30O2. The van der Waals surface area contributed by atoms with Crippen LogP contribution in [-0.4, -0.2) is 0 Å². The number of hydrogen-bond donors (Lipinski definition) is 0. The zero-order valence-electron chi connectivity index (χ0n) is 24.8. The minimum Gasteiger partial charge on any atom is -0.455 e.